The Hall–Kier alpha value is -2.43. The maximum Gasteiger partial charge on any atom is 0.339 e. The zero-order valence-electron chi connectivity index (χ0n) is 10.1. The van der Waals surface area contributed by atoms with Crippen LogP contribution in [-0.2, 0) is 11.8 Å². The van der Waals surface area contributed by atoms with Gasteiger partial charge in [-0.3, -0.25) is 9.78 Å². The summed E-state index contributed by atoms with van der Waals surface area (Å²) < 4.78 is 6.10. The van der Waals surface area contributed by atoms with Gasteiger partial charge < -0.3 is 9.30 Å². The van der Waals surface area contributed by atoms with Crippen LogP contribution in [0.2, 0.25) is 0 Å². The maximum absolute atomic E-state index is 11.5. The Balaban J connectivity index is 2.47. The summed E-state index contributed by atoms with van der Waals surface area (Å²) in [5, 5.41) is 0. The van der Waals surface area contributed by atoms with Gasteiger partial charge in [0.05, 0.1) is 12.7 Å². The van der Waals surface area contributed by atoms with Crippen LogP contribution in [0.3, 0.4) is 0 Å². The van der Waals surface area contributed by atoms with E-state index < -0.39 is 5.97 Å². The molecule has 18 heavy (non-hydrogen) atoms. The van der Waals surface area contributed by atoms with Gasteiger partial charge in [0.2, 0.25) is 0 Å². The lowest BCUT2D eigenvalue weighted by molar-refractivity contribution is 0.0600. The number of rotatable bonds is 2. The average Bonchev–Trinajstić information content (AvgIpc) is 2.41. The Kier molecular flexibility index (Phi) is 3.23. The molecule has 0 saturated heterocycles. The first-order valence-corrected chi connectivity index (χ1v) is 5.32. The highest BCUT2D eigenvalue weighted by molar-refractivity contribution is 5.90. The molecular weight excluding hydrogens is 232 g/mol. The predicted molar refractivity (Wildman–Crippen MR) is 66.3 cm³/mol. The quantitative estimate of drug-likeness (QED) is 0.745. The lowest BCUT2D eigenvalue weighted by atomic mass is 10.1. The van der Waals surface area contributed by atoms with E-state index in [9.17, 15) is 9.59 Å². The van der Waals surface area contributed by atoms with Crippen LogP contribution < -0.4 is 5.56 Å². The van der Waals surface area contributed by atoms with Crippen LogP contribution in [0.5, 0.6) is 0 Å². The predicted octanol–water partition coefficient (Wildman–Crippen LogP) is 1.23. The molecule has 0 aliphatic heterocycles. The Morgan fingerprint density at radius 1 is 1.28 bits per heavy atom. The Morgan fingerprint density at radius 2 is 2.06 bits per heavy atom. The van der Waals surface area contributed by atoms with Gasteiger partial charge in [-0.15, -0.1) is 0 Å². The summed E-state index contributed by atoms with van der Waals surface area (Å²) in [4.78, 5) is 26.9. The fourth-order valence-electron chi connectivity index (χ4n) is 1.56. The van der Waals surface area contributed by atoms with Crippen LogP contribution in [0.15, 0.2) is 41.6 Å². The summed E-state index contributed by atoms with van der Waals surface area (Å²) in [6.07, 6.45) is 4.69. The normalized spacial score (nSPS) is 10.1. The number of ether oxygens (including phenoxy) is 1. The van der Waals surface area contributed by atoms with Crippen LogP contribution >= 0.6 is 0 Å². The number of methoxy groups -OCH3 is 1. The van der Waals surface area contributed by atoms with E-state index in [1.54, 1.807) is 31.6 Å². The van der Waals surface area contributed by atoms with Crippen molar-refractivity contribution >= 4 is 5.97 Å². The number of carbonyl (C=O) groups excluding carboxylic acids is 1. The topological polar surface area (TPSA) is 61.2 Å². The van der Waals surface area contributed by atoms with E-state index in [1.165, 1.54) is 23.9 Å². The zero-order valence-corrected chi connectivity index (χ0v) is 10.1. The minimum atomic E-state index is -0.451. The number of carbonyl (C=O) groups is 1. The smallest absolute Gasteiger partial charge is 0.339 e. The standard InChI is InChI=1S/C13H12N2O3/c1-15-4-3-9(6-12(15)16)10-5-11(8-14-7-10)13(17)18-2/h3-8H,1-2H3. The Morgan fingerprint density at radius 3 is 2.72 bits per heavy atom. The first-order valence-electron chi connectivity index (χ1n) is 5.32. The fraction of sp³-hybridized carbons (Fsp3) is 0.154. The highest BCUT2D eigenvalue weighted by atomic mass is 16.5. The third kappa shape index (κ3) is 2.29. The second kappa shape index (κ2) is 4.83. The molecule has 2 rings (SSSR count). The molecule has 0 N–H and O–H groups in total. The molecule has 0 aliphatic carbocycles. The maximum atomic E-state index is 11.5. The molecule has 0 saturated carbocycles. The van der Waals surface area contributed by atoms with E-state index in [0.717, 1.165) is 5.56 Å². The molecule has 5 nitrogen and oxygen atoms in total. The minimum absolute atomic E-state index is 0.115. The summed E-state index contributed by atoms with van der Waals surface area (Å²) in [5.74, 6) is -0.451. The Bertz CT molecular complexity index is 647. The van der Waals surface area contributed by atoms with Crippen molar-refractivity contribution in [3.63, 3.8) is 0 Å². The van der Waals surface area contributed by atoms with E-state index in [0.29, 0.717) is 11.1 Å². The van der Waals surface area contributed by atoms with Crippen LogP contribution in [0.1, 0.15) is 10.4 Å². The lowest BCUT2D eigenvalue weighted by Crippen LogP contribution is -2.14. The fourth-order valence-corrected chi connectivity index (χ4v) is 1.56. The van der Waals surface area contributed by atoms with Gasteiger partial charge in [0, 0.05) is 37.3 Å². The number of hydrogen-bond acceptors (Lipinski definition) is 4. The summed E-state index contributed by atoms with van der Waals surface area (Å²) in [7, 11) is 2.99. The van der Waals surface area contributed by atoms with E-state index in [-0.39, 0.29) is 5.56 Å². The van der Waals surface area contributed by atoms with E-state index >= 15 is 0 Å². The van der Waals surface area contributed by atoms with E-state index in [2.05, 4.69) is 9.72 Å². The van der Waals surface area contributed by atoms with Crippen LogP contribution in [0, 0.1) is 0 Å². The number of pyridine rings is 2. The molecule has 2 aromatic rings. The highest BCUT2D eigenvalue weighted by Crippen LogP contribution is 2.17. The molecule has 0 bridgehead atoms. The second-order valence-corrected chi connectivity index (χ2v) is 3.82. The molecule has 0 aromatic carbocycles. The summed E-state index contributed by atoms with van der Waals surface area (Å²) in [6.45, 7) is 0. The van der Waals surface area contributed by atoms with Crippen molar-refractivity contribution in [2.45, 2.75) is 0 Å². The largest absolute Gasteiger partial charge is 0.465 e. The van der Waals surface area contributed by atoms with Gasteiger partial charge in [-0.2, -0.15) is 0 Å². The van der Waals surface area contributed by atoms with Gasteiger partial charge in [0.25, 0.3) is 5.56 Å². The number of hydrogen-bond donors (Lipinski definition) is 0. The number of aromatic nitrogens is 2. The molecule has 0 amide bonds. The van der Waals surface area contributed by atoms with Gasteiger partial charge in [0.15, 0.2) is 0 Å². The molecule has 92 valence electrons. The molecule has 5 heteroatoms. The van der Waals surface area contributed by atoms with Crippen molar-refractivity contribution < 1.29 is 9.53 Å². The van der Waals surface area contributed by atoms with Gasteiger partial charge in [-0.1, -0.05) is 0 Å². The minimum Gasteiger partial charge on any atom is -0.465 e. The lowest BCUT2D eigenvalue weighted by Gasteiger charge is -2.04. The monoisotopic (exact) mass is 244 g/mol. The molecular formula is C13H12N2O3. The zero-order chi connectivity index (χ0) is 13.1. The van der Waals surface area contributed by atoms with Crippen molar-refractivity contribution in [2.75, 3.05) is 7.11 Å². The van der Waals surface area contributed by atoms with Crippen molar-refractivity contribution in [1.82, 2.24) is 9.55 Å². The Labute approximate surface area is 104 Å². The summed E-state index contributed by atoms with van der Waals surface area (Å²) in [5.41, 5.74) is 1.67. The van der Waals surface area contributed by atoms with Gasteiger partial charge in [0.1, 0.15) is 0 Å². The van der Waals surface area contributed by atoms with Crippen LogP contribution in [-0.4, -0.2) is 22.6 Å². The van der Waals surface area contributed by atoms with Crippen molar-refractivity contribution in [1.29, 1.82) is 0 Å². The van der Waals surface area contributed by atoms with E-state index in [4.69, 9.17) is 0 Å². The third-order valence-electron chi connectivity index (χ3n) is 2.60. The molecule has 0 spiro atoms. The molecule has 0 unspecified atom stereocenters. The van der Waals surface area contributed by atoms with Crippen LogP contribution in [0.4, 0.5) is 0 Å². The van der Waals surface area contributed by atoms with Crippen molar-refractivity contribution in [2.24, 2.45) is 7.05 Å². The van der Waals surface area contributed by atoms with E-state index in [1.807, 2.05) is 0 Å². The highest BCUT2D eigenvalue weighted by Gasteiger charge is 2.08. The molecule has 0 radical (unpaired) electrons. The van der Waals surface area contributed by atoms with Gasteiger partial charge >= 0.3 is 5.97 Å². The second-order valence-electron chi connectivity index (χ2n) is 3.82. The third-order valence-corrected chi connectivity index (χ3v) is 2.60. The first kappa shape index (κ1) is 12.0. The summed E-state index contributed by atoms with van der Waals surface area (Å²) >= 11 is 0. The van der Waals surface area contributed by atoms with Crippen LogP contribution in [0.25, 0.3) is 11.1 Å². The SMILES string of the molecule is COC(=O)c1cncc(-c2ccn(C)c(=O)c2)c1. The number of esters is 1. The molecule has 0 aliphatic rings. The van der Waals surface area contributed by atoms with Gasteiger partial charge in [-0.25, -0.2) is 4.79 Å². The molecule has 2 heterocycles. The number of aryl methyl sites for hydroxylation is 1. The number of nitrogens with zero attached hydrogens (tertiary/aromatic N) is 2. The summed E-state index contributed by atoms with van der Waals surface area (Å²) in [6, 6.07) is 4.94. The molecule has 0 atom stereocenters. The molecule has 0 fully saturated rings. The molecule has 2 aromatic heterocycles. The first-order chi connectivity index (χ1) is 8.61. The van der Waals surface area contributed by atoms with Crippen molar-refractivity contribution in [3.8, 4) is 11.1 Å². The van der Waals surface area contributed by atoms with Gasteiger partial charge in [-0.05, 0) is 17.7 Å². The van der Waals surface area contributed by atoms with Crippen molar-refractivity contribution in [3.05, 3.63) is 52.7 Å². The average molecular weight is 244 g/mol.